The van der Waals surface area contributed by atoms with Crippen LogP contribution in [0.3, 0.4) is 0 Å². The summed E-state index contributed by atoms with van der Waals surface area (Å²) in [5.41, 5.74) is 3.94. The van der Waals surface area contributed by atoms with Crippen LogP contribution in [0.15, 0.2) is 54.6 Å². The maximum Gasteiger partial charge on any atom is 0.120 e. The monoisotopic (exact) mass is 279 g/mol. The Kier molecular flexibility index (Phi) is 3.84. The van der Waals surface area contributed by atoms with Gasteiger partial charge in [0.15, 0.2) is 0 Å². The topological polar surface area (TPSA) is 42.4 Å². The summed E-state index contributed by atoms with van der Waals surface area (Å²) in [6, 6.07) is 17.6. The summed E-state index contributed by atoms with van der Waals surface area (Å²) in [6.45, 7) is 2.50. The maximum atomic E-state index is 9.16. The first kappa shape index (κ1) is 13.6. The van der Waals surface area contributed by atoms with Crippen LogP contribution >= 0.6 is 0 Å². The Hall–Kier alpha value is -2.39. The molecule has 0 atom stereocenters. The number of nitrogens with zero attached hydrogens (tertiary/aromatic N) is 1. The lowest BCUT2D eigenvalue weighted by Crippen LogP contribution is -1.99. The highest BCUT2D eigenvalue weighted by Gasteiger charge is 2.05. The minimum atomic E-state index is 0.0223. The Morgan fingerprint density at radius 3 is 2.76 bits per heavy atom. The van der Waals surface area contributed by atoms with E-state index in [4.69, 9.17) is 9.84 Å². The quantitative estimate of drug-likeness (QED) is 0.793. The number of rotatable bonds is 4. The molecule has 0 saturated carbocycles. The van der Waals surface area contributed by atoms with Crippen LogP contribution in [0.25, 0.3) is 10.9 Å². The van der Waals surface area contributed by atoms with Crippen LogP contribution in [0.5, 0.6) is 5.75 Å². The standard InChI is InChI=1S/C18H17NO2/c1-13-9-15(17-7-2-3-8-18(17)19-13)12-21-16-6-4-5-14(10-16)11-20/h2-10,20H,11-12H2,1H3. The molecule has 1 aromatic heterocycles. The number of aromatic nitrogens is 1. The van der Waals surface area contributed by atoms with Gasteiger partial charge in [-0.15, -0.1) is 0 Å². The summed E-state index contributed by atoms with van der Waals surface area (Å²) in [5, 5.41) is 10.3. The number of fused-ring (bicyclic) bond motifs is 1. The lowest BCUT2D eigenvalue weighted by atomic mass is 10.1. The molecule has 0 spiro atoms. The van der Waals surface area contributed by atoms with Gasteiger partial charge in [0.1, 0.15) is 12.4 Å². The number of para-hydroxylation sites is 1. The largest absolute Gasteiger partial charge is 0.489 e. The van der Waals surface area contributed by atoms with Crippen LogP contribution < -0.4 is 4.74 Å². The van der Waals surface area contributed by atoms with Crippen LogP contribution in [0.4, 0.5) is 0 Å². The minimum absolute atomic E-state index is 0.0223. The second-order valence-electron chi connectivity index (χ2n) is 5.03. The molecule has 3 heteroatoms. The molecule has 0 aliphatic heterocycles. The van der Waals surface area contributed by atoms with Gasteiger partial charge in [-0.05, 0) is 36.8 Å². The van der Waals surface area contributed by atoms with Crippen LogP contribution in [-0.2, 0) is 13.2 Å². The molecule has 0 saturated heterocycles. The van der Waals surface area contributed by atoms with E-state index < -0.39 is 0 Å². The fourth-order valence-corrected chi connectivity index (χ4v) is 2.41. The highest BCUT2D eigenvalue weighted by atomic mass is 16.5. The molecule has 106 valence electrons. The SMILES string of the molecule is Cc1cc(COc2cccc(CO)c2)c2ccccc2n1. The van der Waals surface area contributed by atoms with E-state index in [1.807, 2.05) is 49.4 Å². The summed E-state index contributed by atoms with van der Waals surface area (Å²) < 4.78 is 5.86. The van der Waals surface area contributed by atoms with Gasteiger partial charge in [0.2, 0.25) is 0 Å². The van der Waals surface area contributed by atoms with Crippen LogP contribution in [0.1, 0.15) is 16.8 Å². The van der Waals surface area contributed by atoms with E-state index in [1.54, 1.807) is 0 Å². The normalized spacial score (nSPS) is 10.8. The first-order valence-corrected chi connectivity index (χ1v) is 6.94. The molecule has 3 aromatic rings. The van der Waals surface area contributed by atoms with E-state index in [1.165, 1.54) is 0 Å². The van der Waals surface area contributed by atoms with Crippen molar-refractivity contribution in [1.29, 1.82) is 0 Å². The number of benzene rings is 2. The third-order valence-electron chi connectivity index (χ3n) is 3.41. The molecule has 0 aliphatic carbocycles. The molecule has 1 N–H and O–H groups in total. The third-order valence-corrected chi connectivity index (χ3v) is 3.41. The number of pyridine rings is 1. The van der Waals surface area contributed by atoms with Crippen molar-refractivity contribution in [1.82, 2.24) is 4.98 Å². The first-order chi connectivity index (χ1) is 10.3. The van der Waals surface area contributed by atoms with Gasteiger partial charge >= 0.3 is 0 Å². The van der Waals surface area contributed by atoms with Crippen LogP contribution in [0.2, 0.25) is 0 Å². The van der Waals surface area contributed by atoms with Crippen molar-refractivity contribution in [3.8, 4) is 5.75 Å². The second-order valence-corrected chi connectivity index (χ2v) is 5.03. The predicted octanol–water partition coefficient (Wildman–Crippen LogP) is 3.61. The number of ether oxygens (including phenoxy) is 1. The summed E-state index contributed by atoms with van der Waals surface area (Å²) in [5.74, 6) is 0.764. The fourth-order valence-electron chi connectivity index (χ4n) is 2.41. The van der Waals surface area contributed by atoms with Gasteiger partial charge in [0.05, 0.1) is 12.1 Å². The summed E-state index contributed by atoms with van der Waals surface area (Å²) in [7, 11) is 0. The summed E-state index contributed by atoms with van der Waals surface area (Å²) in [6.07, 6.45) is 0. The molecule has 21 heavy (non-hydrogen) atoms. The number of aliphatic hydroxyl groups is 1. The zero-order valence-electron chi connectivity index (χ0n) is 11.9. The van der Waals surface area contributed by atoms with Crippen molar-refractivity contribution in [3.05, 3.63) is 71.4 Å². The molecule has 0 aliphatic rings. The van der Waals surface area contributed by atoms with Crippen molar-refractivity contribution < 1.29 is 9.84 Å². The van der Waals surface area contributed by atoms with Crippen LogP contribution in [-0.4, -0.2) is 10.1 Å². The Balaban J connectivity index is 1.87. The van der Waals surface area contributed by atoms with Crippen molar-refractivity contribution in [3.63, 3.8) is 0 Å². The van der Waals surface area contributed by atoms with Gasteiger partial charge in [-0.2, -0.15) is 0 Å². The van der Waals surface area contributed by atoms with Crippen molar-refractivity contribution in [2.45, 2.75) is 20.1 Å². The van der Waals surface area contributed by atoms with Gasteiger partial charge < -0.3 is 9.84 Å². The van der Waals surface area contributed by atoms with Gasteiger partial charge in [-0.3, -0.25) is 4.98 Å². The maximum absolute atomic E-state index is 9.16. The van der Waals surface area contributed by atoms with E-state index in [9.17, 15) is 0 Å². The molecule has 0 bridgehead atoms. The molecule has 3 rings (SSSR count). The molecule has 0 unspecified atom stereocenters. The molecule has 0 radical (unpaired) electrons. The molecule has 0 fully saturated rings. The third kappa shape index (κ3) is 3.03. The van der Waals surface area contributed by atoms with E-state index >= 15 is 0 Å². The van der Waals surface area contributed by atoms with Gasteiger partial charge in [-0.1, -0.05) is 30.3 Å². The van der Waals surface area contributed by atoms with E-state index in [0.29, 0.717) is 6.61 Å². The Labute approximate surface area is 123 Å². The highest BCUT2D eigenvalue weighted by molar-refractivity contribution is 5.82. The lowest BCUT2D eigenvalue weighted by molar-refractivity contribution is 0.278. The zero-order valence-corrected chi connectivity index (χ0v) is 11.9. The Morgan fingerprint density at radius 2 is 1.90 bits per heavy atom. The second kappa shape index (κ2) is 5.94. The van der Waals surface area contributed by atoms with Gasteiger partial charge in [-0.25, -0.2) is 0 Å². The number of aryl methyl sites for hydroxylation is 1. The van der Waals surface area contributed by atoms with Gasteiger partial charge in [0, 0.05) is 16.6 Å². The minimum Gasteiger partial charge on any atom is -0.489 e. The molecule has 3 nitrogen and oxygen atoms in total. The first-order valence-electron chi connectivity index (χ1n) is 6.94. The molecular weight excluding hydrogens is 262 g/mol. The summed E-state index contributed by atoms with van der Waals surface area (Å²) in [4.78, 5) is 4.53. The zero-order chi connectivity index (χ0) is 14.7. The Bertz CT molecular complexity index is 768. The Morgan fingerprint density at radius 1 is 1.05 bits per heavy atom. The van der Waals surface area contributed by atoms with E-state index in [-0.39, 0.29) is 6.61 Å². The van der Waals surface area contributed by atoms with E-state index in [0.717, 1.165) is 33.5 Å². The van der Waals surface area contributed by atoms with Gasteiger partial charge in [0.25, 0.3) is 0 Å². The van der Waals surface area contributed by atoms with E-state index in [2.05, 4.69) is 17.1 Å². The smallest absolute Gasteiger partial charge is 0.120 e. The van der Waals surface area contributed by atoms with Crippen LogP contribution in [0, 0.1) is 6.92 Å². The molecule has 0 amide bonds. The molecule has 2 aromatic carbocycles. The fraction of sp³-hybridized carbons (Fsp3) is 0.167. The number of hydrogen-bond donors (Lipinski definition) is 1. The lowest BCUT2D eigenvalue weighted by Gasteiger charge is -2.10. The summed E-state index contributed by atoms with van der Waals surface area (Å²) >= 11 is 0. The number of aliphatic hydroxyl groups excluding tert-OH is 1. The molecule has 1 heterocycles. The van der Waals surface area contributed by atoms with Crippen molar-refractivity contribution >= 4 is 10.9 Å². The van der Waals surface area contributed by atoms with Crippen molar-refractivity contribution in [2.24, 2.45) is 0 Å². The average molecular weight is 279 g/mol. The number of hydrogen-bond acceptors (Lipinski definition) is 3. The molecular formula is C18H17NO2. The average Bonchev–Trinajstić information content (AvgIpc) is 2.52. The van der Waals surface area contributed by atoms with Crippen molar-refractivity contribution in [2.75, 3.05) is 0 Å². The predicted molar refractivity (Wildman–Crippen MR) is 83.2 cm³/mol. The highest BCUT2D eigenvalue weighted by Crippen LogP contribution is 2.21.